The van der Waals surface area contributed by atoms with Crippen molar-refractivity contribution in [2.24, 2.45) is 0 Å². The van der Waals surface area contributed by atoms with Gasteiger partial charge in [-0.1, -0.05) is 60.1 Å². The lowest BCUT2D eigenvalue weighted by Crippen LogP contribution is -2.37. The molecule has 0 aliphatic carbocycles. The smallest absolute Gasteiger partial charge is 0.248 e. The van der Waals surface area contributed by atoms with Gasteiger partial charge in [-0.3, -0.25) is 14.5 Å². The molecule has 0 bridgehead atoms. The maximum Gasteiger partial charge on any atom is 0.248 e. The van der Waals surface area contributed by atoms with Gasteiger partial charge in [0.05, 0.1) is 11.4 Å². The van der Waals surface area contributed by atoms with E-state index in [9.17, 15) is 9.59 Å². The van der Waals surface area contributed by atoms with Crippen molar-refractivity contribution in [3.63, 3.8) is 0 Å². The zero-order valence-corrected chi connectivity index (χ0v) is 15.4. The van der Waals surface area contributed by atoms with Gasteiger partial charge >= 0.3 is 0 Å². The largest absolute Gasteiger partial charge is 0.312 e. The molecular weight excluding hydrogens is 360 g/mol. The minimum absolute atomic E-state index is 0.270. The summed E-state index contributed by atoms with van der Waals surface area (Å²) in [6.07, 6.45) is 0. The molecule has 0 spiro atoms. The number of benzene rings is 3. The van der Waals surface area contributed by atoms with E-state index in [0.717, 1.165) is 0 Å². The number of hydrogen-bond donors (Lipinski definition) is 0. The first-order valence-electron chi connectivity index (χ1n) is 8.59. The lowest BCUT2D eigenvalue weighted by molar-refractivity contribution is -0.127. The van der Waals surface area contributed by atoms with Gasteiger partial charge in [-0.25, -0.2) is 0 Å². The number of hydrogen-bond acceptors (Lipinski definition) is 2. The van der Waals surface area contributed by atoms with Gasteiger partial charge in [0.2, 0.25) is 11.8 Å². The standard InChI is InChI=1S/C22H17ClN2O2/c1-24-18-13-12-16(23)14-19(18)25(17-10-6-3-7-11-17)22(27)20(21(24)26)15-8-4-2-5-9-15/h2-14,20H,1H3. The topological polar surface area (TPSA) is 40.6 Å². The molecule has 1 atom stereocenters. The summed E-state index contributed by atoms with van der Waals surface area (Å²) in [5, 5.41) is 0.501. The summed E-state index contributed by atoms with van der Waals surface area (Å²) < 4.78 is 0. The van der Waals surface area contributed by atoms with Crippen LogP contribution in [0.3, 0.4) is 0 Å². The first-order chi connectivity index (χ1) is 13.1. The van der Waals surface area contributed by atoms with E-state index in [0.29, 0.717) is 27.6 Å². The fraction of sp³-hybridized carbons (Fsp3) is 0.0909. The summed E-state index contributed by atoms with van der Waals surface area (Å²) in [6, 6.07) is 23.7. The van der Waals surface area contributed by atoms with Gasteiger partial charge in [0, 0.05) is 17.8 Å². The van der Waals surface area contributed by atoms with Gasteiger partial charge in [-0.15, -0.1) is 0 Å². The molecule has 27 heavy (non-hydrogen) atoms. The number of halogens is 1. The summed E-state index contributed by atoms with van der Waals surface area (Å²) in [7, 11) is 1.69. The van der Waals surface area contributed by atoms with Gasteiger partial charge in [-0.05, 0) is 35.9 Å². The van der Waals surface area contributed by atoms with Gasteiger partial charge in [0.25, 0.3) is 0 Å². The molecule has 4 rings (SSSR count). The molecule has 4 nitrogen and oxygen atoms in total. The van der Waals surface area contributed by atoms with Crippen LogP contribution in [0.25, 0.3) is 0 Å². The zero-order valence-electron chi connectivity index (χ0n) is 14.7. The van der Waals surface area contributed by atoms with E-state index in [1.165, 1.54) is 4.90 Å². The third-order valence-electron chi connectivity index (χ3n) is 4.73. The summed E-state index contributed by atoms with van der Waals surface area (Å²) >= 11 is 6.23. The van der Waals surface area contributed by atoms with Crippen LogP contribution in [-0.2, 0) is 9.59 Å². The van der Waals surface area contributed by atoms with Crippen molar-refractivity contribution < 1.29 is 9.59 Å². The SMILES string of the molecule is CN1C(=O)C(c2ccccc2)C(=O)N(c2ccccc2)c2cc(Cl)ccc21. The molecule has 0 saturated heterocycles. The highest BCUT2D eigenvalue weighted by Crippen LogP contribution is 2.42. The van der Waals surface area contributed by atoms with Crippen molar-refractivity contribution in [3.8, 4) is 0 Å². The Labute approximate surface area is 162 Å². The molecule has 1 aliphatic rings. The van der Waals surface area contributed by atoms with E-state index in [-0.39, 0.29) is 11.8 Å². The monoisotopic (exact) mass is 376 g/mol. The number of fused-ring (bicyclic) bond motifs is 1. The van der Waals surface area contributed by atoms with Crippen LogP contribution in [0.5, 0.6) is 0 Å². The predicted molar refractivity (Wildman–Crippen MR) is 108 cm³/mol. The highest BCUT2D eigenvalue weighted by Gasteiger charge is 2.40. The summed E-state index contributed by atoms with van der Waals surface area (Å²) in [6.45, 7) is 0. The predicted octanol–water partition coefficient (Wildman–Crippen LogP) is 4.76. The molecular formula is C22H17ClN2O2. The molecule has 134 valence electrons. The lowest BCUT2D eigenvalue weighted by atomic mass is 9.96. The number of carbonyl (C=O) groups is 2. The second-order valence-corrected chi connectivity index (χ2v) is 6.82. The van der Waals surface area contributed by atoms with Gasteiger partial charge in [0.15, 0.2) is 0 Å². The Bertz CT molecular complexity index is 1010. The minimum atomic E-state index is -0.928. The van der Waals surface area contributed by atoms with Gasteiger partial charge in [-0.2, -0.15) is 0 Å². The van der Waals surface area contributed by atoms with Gasteiger partial charge < -0.3 is 4.90 Å². The molecule has 1 aliphatic heterocycles. The summed E-state index contributed by atoms with van der Waals surface area (Å²) in [5.74, 6) is -1.50. The Kier molecular flexibility index (Phi) is 4.42. The molecule has 2 amide bonds. The number of nitrogens with zero attached hydrogens (tertiary/aromatic N) is 2. The van der Waals surface area contributed by atoms with Crippen molar-refractivity contribution >= 4 is 40.5 Å². The van der Waals surface area contributed by atoms with Crippen LogP contribution in [0.2, 0.25) is 5.02 Å². The number of para-hydroxylation sites is 1. The molecule has 3 aromatic carbocycles. The number of anilines is 3. The number of likely N-dealkylation sites (N-methyl/N-ethyl adjacent to an activating group) is 1. The average molecular weight is 377 g/mol. The molecule has 0 radical (unpaired) electrons. The third kappa shape index (κ3) is 2.98. The van der Waals surface area contributed by atoms with E-state index in [1.807, 2.05) is 48.5 Å². The fourth-order valence-corrected chi connectivity index (χ4v) is 3.57. The molecule has 0 N–H and O–H groups in total. The quantitative estimate of drug-likeness (QED) is 0.605. The van der Waals surface area contributed by atoms with E-state index in [2.05, 4.69) is 0 Å². The molecule has 3 aromatic rings. The van der Waals surface area contributed by atoms with Crippen LogP contribution in [0.1, 0.15) is 11.5 Å². The minimum Gasteiger partial charge on any atom is -0.312 e. The van der Waals surface area contributed by atoms with E-state index < -0.39 is 5.92 Å². The molecule has 0 saturated carbocycles. The number of rotatable bonds is 2. The van der Waals surface area contributed by atoms with Gasteiger partial charge in [0.1, 0.15) is 5.92 Å². The highest BCUT2D eigenvalue weighted by atomic mass is 35.5. The van der Waals surface area contributed by atoms with Crippen LogP contribution in [0, 0.1) is 0 Å². The average Bonchev–Trinajstić information content (AvgIpc) is 2.76. The molecule has 0 aromatic heterocycles. The molecule has 5 heteroatoms. The molecule has 1 heterocycles. The van der Waals surface area contributed by atoms with Crippen LogP contribution < -0.4 is 9.80 Å². The summed E-state index contributed by atoms with van der Waals surface area (Å²) in [4.78, 5) is 30.0. The first kappa shape index (κ1) is 17.3. The fourth-order valence-electron chi connectivity index (χ4n) is 3.40. The lowest BCUT2D eigenvalue weighted by Gasteiger charge is -2.25. The Morgan fingerprint density at radius 2 is 1.41 bits per heavy atom. The van der Waals surface area contributed by atoms with E-state index in [1.54, 1.807) is 42.3 Å². The Balaban J connectivity index is 1.97. The highest BCUT2D eigenvalue weighted by molar-refractivity contribution is 6.32. The van der Waals surface area contributed by atoms with Crippen LogP contribution >= 0.6 is 11.6 Å². The molecule has 0 fully saturated rings. The van der Waals surface area contributed by atoms with Crippen molar-refractivity contribution in [3.05, 3.63) is 89.4 Å². The third-order valence-corrected chi connectivity index (χ3v) is 4.97. The van der Waals surface area contributed by atoms with Crippen molar-refractivity contribution in [2.75, 3.05) is 16.8 Å². The number of amides is 2. The zero-order chi connectivity index (χ0) is 19.0. The second-order valence-electron chi connectivity index (χ2n) is 6.38. The van der Waals surface area contributed by atoms with Crippen molar-refractivity contribution in [1.29, 1.82) is 0 Å². The maximum absolute atomic E-state index is 13.6. The van der Waals surface area contributed by atoms with E-state index >= 15 is 0 Å². The van der Waals surface area contributed by atoms with Crippen molar-refractivity contribution in [1.82, 2.24) is 0 Å². The second kappa shape index (κ2) is 6.89. The van der Waals surface area contributed by atoms with Crippen LogP contribution in [0.15, 0.2) is 78.9 Å². The molecule has 1 unspecified atom stereocenters. The Morgan fingerprint density at radius 1 is 0.778 bits per heavy atom. The van der Waals surface area contributed by atoms with Crippen molar-refractivity contribution in [2.45, 2.75) is 5.92 Å². The van der Waals surface area contributed by atoms with E-state index in [4.69, 9.17) is 11.6 Å². The number of carbonyl (C=O) groups excluding carboxylic acids is 2. The van der Waals surface area contributed by atoms with Crippen LogP contribution in [-0.4, -0.2) is 18.9 Å². The Hall–Kier alpha value is -3.11. The maximum atomic E-state index is 13.6. The summed E-state index contributed by atoms with van der Waals surface area (Å²) in [5.41, 5.74) is 2.59. The normalized spacial score (nSPS) is 16.9. The Morgan fingerprint density at radius 3 is 2.07 bits per heavy atom. The first-order valence-corrected chi connectivity index (χ1v) is 8.97. The van der Waals surface area contributed by atoms with Crippen LogP contribution in [0.4, 0.5) is 17.1 Å².